The van der Waals surface area contributed by atoms with Gasteiger partial charge in [-0.3, -0.25) is 0 Å². The van der Waals surface area contributed by atoms with E-state index < -0.39 is 0 Å². The maximum absolute atomic E-state index is 8.42. The minimum absolute atomic E-state index is 0.460. The van der Waals surface area contributed by atoms with E-state index in [2.05, 4.69) is 6.07 Å². The van der Waals surface area contributed by atoms with Crippen LogP contribution in [-0.4, -0.2) is 6.54 Å². The Kier molecular flexibility index (Phi) is 3.37. The standard InChI is InChI=1S/C13H12N2O/c14-8-9-15-10-12-6-7-13(16-12)11-4-2-1-3-5-11/h1-7,15H,9-10H2/p+1. The van der Waals surface area contributed by atoms with E-state index in [4.69, 9.17) is 9.68 Å². The van der Waals surface area contributed by atoms with Gasteiger partial charge in [-0.1, -0.05) is 30.3 Å². The van der Waals surface area contributed by atoms with Crippen molar-refractivity contribution in [2.75, 3.05) is 6.54 Å². The summed E-state index contributed by atoms with van der Waals surface area (Å²) in [4.78, 5) is 0. The quantitative estimate of drug-likeness (QED) is 0.618. The lowest BCUT2D eigenvalue weighted by Crippen LogP contribution is -2.82. The molecular weight excluding hydrogens is 200 g/mol. The second-order valence-electron chi connectivity index (χ2n) is 3.49. The van der Waals surface area contributed by atoms with Crippen molar-refractivity contribution in [2.45, 2.75) is 6.54 Å². The van der Waals surface area contributed by atoms with Gasteiger partial charge in [0.15, 0.2) is 12.3 Å². The summed E-state index contributed by atoms with van der Waals surface area (Å²) in [5, 5.41) is 10.3. The molecule has 2 aromatic rings. The van der Waals surface area contributed by atoms with Crippen LogP contribution in [0.1, 0.15) is 5.76 Å². The monoisotopic (exact) mass is 213 g/mol. The zero-order valence-electron chi connectivity index (χ0n) is 8.89. The summed E-state index contributed by atoms with van der Waals surface area (Å²) in [5.74, 6) is 1.77. The van der Waals surface area contributed by atoms with Gasteiger partial charge in [0.1, 0.15) is 18.4 Å². The lowest BCUT2D eigenvalue weighted by molar-refractivity contribution is -0.662. The molecule has 0 saturated heterocycles. The lowest BCUT2D eigenvalue weighted by atomic mass is 10.2. The van der Waals surface area contributed by atoms with Gasteiger partial charge >= 0.3 is 0 Å². The van der Waals surface area contributed by atoms with Crippen LogP contribution < -0.4 is 5.32 Å². The predicted octanol–water partition coefficient (Wildman–Crippen LogP) is 1.53. The highest BCUT2D eigenvalue weighted by Crippen LogP contribution is 2.20. The summed E-state index contributed by atoms with van der Waals surface area (Å²) in [6, 6.07) is 16.0. The highest BCUT2D eigenvalue weighted by molar-refractivity contribution is 5.57. The first kappa shape index (κ1) is 10.5. The lowest BCUT2D eigenvalue weighted by Gasteiger charge is -1.96. The molecule has 0 amide bonds. The van der Waals surface area contributed by atoms with E-state index in [0.717, 1.165) is 17.1 Å². The van der Waals surface area contributed by atoms with E-state index >= 15 is 0 Å². The van der Waals surface area contributed by atoms with Crippen LogP contribution in [0.25, 0.3) is 11.3 Å². The van der Waals surface area contributed by atoms with Crippen molar-refractivity contribution >= 4 is 0 Å². The summed E-state index contributed by atoms with van der Waals surface area (Å²) in [7, 11) is 0. The zero-order valence-corrected chi connectivity index (χ0v) is 8.89. The molecule has 0 aliphatic carbocycles. The van der Waals surface area contributed by atoms with E-state index in [1.165, 1.54) is 0 Å². The molecule has 1 aromatic heterocycles. The molecule has 0 atom stereocenters. The van der Waals surface area contributed by atoms with Gasteiger partial charge in [0.05, 0.1) is 0 Å². The molecule has 2 N–H and O–H groups in total. The molecule has 0 spiro atoms. The van der Waals surface area contributed by atoms with Crippen molar-refractivity contribution in [3.63, 3.8) is 0 Å². The average molecular weight is 213 g/mol. The molecule has 0 radical (unpaired) electrons. The fraction of sp³-hybridized carbons (Fsp3) is 0.154. The molecule has 80 valence electrons. The van der Waals surface area contributed by atoms with Gasteiger partial charge in [0.25, 0.3) is 0 Å². The molecule has 1 aromatic carbocycles. The molecule has 0 fully saturated rings. The van der Waals surface area contributed by atoms with E-state index in [0.29, 0.717) is 13.1 Å². The molecule has 3 nitrogen and oxygen atoms in total. The Bertz CT molecular complexity index is 482. The summed E-state index contributed by atoms with van der Waals surface area (Å²) in [6.07, 6.45) is 0. The second kappa shape index (κ2) is 5.15. The Labute approximate surface area is 94.3 Å². The second-order valence-corrected chi connectivity index (χ2v) is 3.49. The smallest absolute Gasteiger partial charge is 0.163 e. The summed E-state index contributed by atoms with van der Waals surface area (Å²) in [5.41, 5.74) is 1.08. The first-order valence-corrected chi connectivity index (χ1v) is 5.23. The molecule has 16 heavy (non-hydrogen) atoms. The van der Waals surface area contributed by atoms with E-state index in [9.17, 15) is 0 Å². The highest BCUT2D eigenvalue weighted by Gasteiger charge is 2.04. The average Bonchev–Trinajstić information content (AvgIpc) is 2.79. The number of nitrogens with zero attached hydrogens (tertiary/aromatic N) is 1. The number of hydrogen-bond donors (Lipinski definition) is 1. The van der Waals surface area contributed by atoms with Gasteiger partial charge in [-0.05, 0) is 12.1 Å². The third-order valence-electron chi connectivity index (χ3n) is 2.30. The fourth-order valence-corrected chi connectivity index (χ4v) is 1.52. The first-order chi connectivity index (χ1) is 7.90. The van der Waals surface area contributed by atoms with Crippen LogP contribution in [-0.2, 0) is 6.54 Å². The molecule has 0 aliphatic heterocycles. The Balaban J connectivity index is 2.06. The number of rotatable bonds is 4. The van der Waals surface area contributed by atoms with Crippen LogP contribution in [0.5, 0.6) is 0 Å². The number of furan rings is 1. The maximum atomic E-state index is 8.42. The third kappa shape index (κ3) is 2.50. The van der Waals surface area contributed by atoms with Gasteiger partial charge in [0, 0.05) is 5.56 Å². The van der Waals surface area contributed by atoms with Gasteiger partial charge < -0.3 is 9.73 Å². The largest absolute Gasteiger partial charge is 0.455 e. The minimum Gasteiger partial charge on any atom is -0.455 e. The Morgan fingerprint density at radius 2 is 1.94 bits per heavy atom. The van der Waals surface area contributed by atoms with Gasteiger partial charge in [0.2, 0.25) is 0 Å². The van der Waals surface area contributed by atoms with Crippen molar-refractivity contribution in [1.29, 1.82) is 5.26 Å². The number of benzene rings is 1. The van der Waals surface area contributed by atoms with Crippen molar-refractivity contribution in [3.8, 4) is 17.4 Å². The van der Waals surface area contributed by atoms with Gasteiger partial charge in [-0.2, -0.15) is 5.26 Å². The molecule has 0 bridgehead atoms. The topological polar surface area (TPSA) is 53.5 Å². The Morgan fingerprint density at radius 1 is 1.12 bits per heavy atom. The van der Waals surface area contributed by atoms with Crippen LogP contribution in [0.2, 0.25) is 0 Å². The molecule has 0 aliphatic rings. The van der Waals surface area contributed by atoms with Crippen molar-refractivity contribution in [3.05, 3.63) is 48.2 Å². The summed E-state index contributed by atoms with van der Waals surface area (Å²) in [6.45, 7) is 1.17. The fourth-order valence-electron chi connectivity index (χ4n) is 1.52. The van der Waals surface area contributed by atoms with Crippen LogP contribution in [0, 0.1) is 11.3 Å². The van der Waals surface area contributed by atoms with E-state index in [1.807, 2.05) is 47.8 Å². The summed E-state index contributed by atoms with van der Waals surface area (Å²) >= 11 is 0. The molecule has 3 heteroatoms. The van der Waals surface area contributed by atoms with Crippen LogP contribution in [0.4, 0.5) is 0 Å². The van der Waals surface area contributed by atoms with Crippen LogP contribution >= 0.6 is 0 Å². The number of nitriles is 1. The van der Waals surface area contributed by atoms with E-state index in [-0.39, 0.29) is 0 Å². The predicted molar refractivity (Wildman–Crippen MR) is 60.3 cm³/mol. The van der Waals surface area contributed by atoms with Gasteiger partial charge in [-0.25, -0.2) is 0 Å². The van der Waals surface area contributed by atoms with Crippen molar-refractivity contribution in [2.24, 2.45) is 0 Å². The minimum atomic E-state index is 0.460. The van der Waals surface area contributed by atoms with Crippen molar-refractivity contribution < 1.29 is 9.73 Å². The normalized spacial score (nSPS) is 9.94. The number of hydrogen-bond acceptors (Lipinski definition) is 2. The molecule has 2 rings (SSSR count). The Hall–Kier alpha value is -2.05. The van der Waals surface area contributed by atoms with Crippen molar-refractivity contribution in [1.82, 2.24) is 0 Å². The third-order valence-corrected chi connectivity index (χ3v) is 2.30. The molecular formula is C13H13N2O+. The molecule has 0 saturated carbocycles. The van der Waals surface area contributed by atoms with Gasteiger partial charge in [-0.15, -0.1) is 0 Å². The SMILES string of the molecule is N#CC[NH2+]Cc1ccc(-c2ccccc2)o1. The molecule has 0 unspecified atom stereocenters. The van der Waals surface area contributed by atoms with Crippen LogP contribution in [0.15, 0.2) is 46.9 Å². The zero-order chi connectivity index (χ0) is 11.2. The number of quaternary nitrogens is 1. The first-order valence-electron chi connectivity index (χ1n) is 5.23. The maximum Gasteiger partial charge on any atom is 0.163 e. The van der Waals surface area contributed by atoms with E-state index in [1.54, 1.807) is 0 Å². The Morgan fingerprint density at radius 3 is 2.69 bits per heavy atom. The summed E-state index contributed by atoms with van der Waals surface area (Å²) < 4.78 is 5.68. The number of nitrogens with two attached hydrogens (primary N) is 1. The molecule has 1 heterocycles. The van der Waals surface area contributed by atoms with Crippen LogP contribution in [0.3, 0.4) is 0 Å². The highest BCUT2D eigenvalue weighted by atomic mass is 16.3.